The number of amides is 1. The Morgan fingerprint density at radius 1 is 1.00 bits per heavy atom. The molecule has 1 atom stereocenters. The topological polar surface area (TPSA) is 78.5 Å². The van der Waals surface area contributed by atoms with Gasteiger partial charge in [0.25, 0.3) is 5.91 Å². The first-order valence-electron chi connectivity index (χ1n) is 10.3. The summed E-state index contributed by atoms with van der Waals surface area (Å²) in [5.41, 5.74) is 1.04. The van der Waals surface area contributed by atoms with Crippen molar-refractivity contribution in [2.24, 2.45) is 0 Å². The number of sulfonamides is 1. The van der Waals surface area contributed by atoms with E-state index in [1.54, 1.807) is 5.32 Å². The van der Waals surface area contributed by atoms with E-state index in [2.05, 4.69) is 9.62 Å². The van der Waals surface area contributed by atoms with Crippen LogP contribution in [0.25, 0.3) is 0 Å². The van der Waals surface area contributed by atoms with E-state index in [0.29, 0.717) is 6.42 Å². The minimum atomic E-state index is -4.52. The van der Waals surface area contributed by atoms with E-state index in [-0.39, 0.29) is 23.0 Å². The molecule has 0 aliphatic heterocycles. The summed E-state index contributed by atoms with van der Waals surface area (Å²) in [5.74, 6) is -0.927. The number of likely N-dealkylation sites (N-methyl/N-ethyl adjacent to an activating group) is 1. The van der Waals surface area contributed by atoms with Crippen molar-refractivity contribution in [2.45, 2.75) is 37.4 Å². The molecular weight excluding hydrogens is 443 g/mol. The smallest absolute Gasteiger partial charge is 0.343 e. The zero-order valence-corrected chi connectivity index (χ0v) is 18.8. The van der Waals surface area contributed by atoms with E-state index in [1.165, 1.54) is 24.3 Å². The molecule has 0 heterocycles. The molecule has 0 spiro atoms. The molecule has 6 nitrogen and oxygen atoms in total. The number of nitrogens with zero attached hydrogens (tertiary/aromatic N) is 1. The third-order valence-corrected chi connectivity index (χ3v) is 6.47. The van der Waals surface area contributed by atoms with E-state index in [1.807, 2.05) is 44.2 Å². The molecule has 2 aromatic carbocycles. The van der Waals surface area contributed by atoms with E-state index < -0.39 is 28.7 Å². The average Bonchev–Trinajstić information content (AvgIpc) is 2.77. The maximum atomic E-state index is 12.7. The largest absolute Gasteiger partial charge is 0.405 e. The van der Waals surface area contributed by atoms with Crippen molar-refractivity contribution in [3.8, 4) is 0 Å². The van der Waals surface area contributed by atoms with Crippen molar-refractivity contribution in [1.82, 2.24) is 14.9 Å². The van der Waals surface area contributed by atoms with Gasteiger partial charge < -0.3 is 5.32 Å². The fourth-order valence-corrected chi connectivity index (χ4v) is 4.39. The van der Waals surface area contributed by atoms with Crippen LogP contribution < -0.4 is 10.0 Å². The van der Waals surface area contributed by atoms with Gasteiger partial charge in [0.05, 0.1) is 4.90 Å². The third-order valence-electron chi connectivity index (χ3n) is 5.03. The van der Waals surface area contributed by atoms with Crippen LogP contribution in [-0.2, 0) is 16.4 Å². The van der Waals surface area contributed by atoms with Gasteiger partial charge in [-0.05, 0) is 49.3 Å². The summed E-state index contributed by atoms with van der Waals surface area (Å²) >= 11 is 0. The molecule has 2 rings (SSSR count). The van der Waals surface area contributed by atoms with Crippen LogP contribution in [0.4, 0.5) is 13.2 Å². The summed E-state index contributed by atoms with van der Waals surface area (Å²) in [6, 6.07) is 14.5. The lowest BCUT2D eigenvalue weighted by Crippen LogP contribution is -2.45. The molecule has 0 radical (unpaired) electrons. The number of halogens is 3. The lowest BCUT2D eigenvalue weighted by molar-refractivity contribution is -0.123. The molecule has 0 aliphatic rings. The summed E-state index contributed by atoms with van der Waals surface area (Å²) in [6.07, 6.45) is -3.85. The number of carbonyl (C=O) groups is 1. The first kappa shape index (κ1) is 25.8. The number of hydrogen-bond acceptors (Lipinski definition) is 4. The average molecular weight is 472 g/mol. The van der Waals surface area contributed by atoms with Crippen molar-refractivity contribution in [2.75, 3.05) is 26.2 Å². The number of rotatable bonds is 11. The molecular formula is C22H28F3N3O3S. The normalized spacial score (nSPS) is 13.2. The van der Waals surface area contributed by atoms with Crippen LogP contribution >= 0.6 is 0 Å². The zero-order valence-electron chi connectivity index (χ0n) is 18.0. The molecule has 0 bridgehead atoms. The van der Waals surface area contributed by atoms with Crippen LogP contribution in [0, 0.1) is 0 Å². The summed E-state index contributed by atoms with van der Waals surface area (Å²) in [6.45, 7) is 4.28. The highest BCUT2D eigenvalue weighted by molar-refractivity contribution is 7.89. The molecule has 1 amide bonds. The summed E-state index contributed by atoms with van der Waals surface area (Å²) < 4.78 is 64.8. The van der Waals surface area contributed by atoms with Crippen molar-refractivity contribution in [1.29, 1.82) is 0 Å². The van der Waals surface area contributed by atoms with E-state index in [0.717, 1.165) is 18.7 Å². The van der Waals surface area contributed by atoms with Crippen molar-refractivity contribution < 1.29 is 26.4 Å². The monoisotopic (exact) mass is 471 g/mol. The summed E-state index contributed by atoms with van der Waals surface area (Å²) in [4.78, 5) is 13.9. The van der Waals surface area contributed by atoms with Crippen LogP contribution in [0.2, 0.25) is 0 Å². The molecule has 176 valence electrons. The Hall–Kier alpha value is -2.43. The third kappa shape index (κ3) is 7.92. The van der Waals surface area contributed by atoms with Crippen LogP contribution in [0.5, 0.6) is 0 Å². The molecule has 32 heavy (non-hydrogen) atoms. The Bertz CT molecular complexity index is 961. The van der Waals surface area contributed by atoms with Gasteiger partial charge in [-0.1, -0.05) is 44.2 Å². The molecule has 0 aliphatic carbocycles. The van der Waals surface area contributed by atoms with Gasteiger partial charge in [-0.15, -0.1) is 0 Å². The van der Waals surface area contributed by atoms with Crippen molar-refractivity contribution in [3.63, 3.8) is 0 Å². The Morgan fingerprint density at radius 2 is 1.59 bits per heavy atom. The molecule has 2 N–H and O–H groups in total. The quantitative estimate of drug-likeness (QED) is 0.528. The fraction of sp³-hybridized carbons (Fsp3) is 0.409. The highest BCUT2D eigenvalue weighted by Gasteiger charge is 2.28. The van der Waals surface area contributed by atoms with Gasteiger partial charge in [-0.3, -0.25) is 9.69 Å². The molecule has 0 aromatic heterocycles. The van der Waals surface area contributed by atoms with Gasteiger partial charge >= 0.3 is 6.18 Å². The SMILES string of the molecule is CCN(CC)[C@H](CNS(=O)(=O)c1ccc(C(=O)NCC(F)(F)F)cc1)Cc1ccccc1. The van der Waals surface area contributed by atoms with Gasteiger partial charge in [-0.2, -0.15) is 13.2 Å². The van der Waals surface area contributed by atoms with Crippen LogP contribution in [0.15, 0.2) is 59.5 Å². The standard InChI is InChI=1S/C22H28F3N3O3S/c1-3-28(4-2)19(14-17-8-6-5-7-9-17)15-27-32(30,31)20-12-10-18(11-13-20)21(29)26-16-22(23,24)25/h5-13,19,27H,3-4,14-16H2,1-2H3,(H,26,29)/t19-/m0/s1. The van der Waals surface area contributed by atoms with Gasteiger partial charge in [0.15, 0.2) is 0 Å². The van der Waals surface area contributed by atoms with Gasteiger partial charge in [0.1, 0.15) is 6.54 Å². The van der Waals surface area contributed by atoms with Gasteiger partial charge in [0, 0.05) is 18.2 Å². The second-order valence-corrected chi connectivity index (χ2v) is 9.01. The minimum absolute atomic E-state index is 0.0571. The maximum absolute atomic E-state index is 12.7. The van der Waals surface area contributed by atoms with E-state index >= 15 is 0 Å². The number of alkyl halides is 3. The number of hydrogen-bond donors (Lipinski definition) is 2. The second kappa shape index (κ2) is 11.4. The maximum Gasteiger partial charge on any atom is 0.405 e. The molecule has 0 saturated carbocycles. The van der Waals surface area contributed by atoms with Crippen LogP contribution in [-0.4, -0.2) is 57.6 Å². The first-order valence-corrected chi connectivity index (χ1v) is 11.8. The van der Waals surface area contributed by atoms with Gasteiger partial charge in [0.2, 0.25) is 10.0 Å². The summed E-state index contributed by atoms with van der Waals surface area (Å²) in [5, 5.41) is 1.75. The molecule has 0 unspecified atom stereocenters. The predicted molar refractivity (Wildman–Crippen MR) is 117 cm³/mol. The molecule has 0 fully saturated rings. The Kier molecular flexibility index (Phi) is 9.23. The highest BCUT2D eigenvalue weighted by atomic mass is 32.2. The van der Waals surface area contributed by atoms with Crippen molar-refractivity contribution >= 4 is 15.9 Å². The first-order chi connectivity index (χ1) is 15.1. The lowest BCUT2D eigenvalue weighted by atomic mass is 10.0. The number of benzene rings is 2. The van der Waals surface area contributed by atoms with Crippen molar-refractivity contribution in [3.05, 3.63) is 65.7 Å². The molecule has 0 saturated heterocycles. The second-order valence-electron chi connectivity index (χ2n) is 7.24. The number of nitrogens with one attached hydrogen (secondary N) is 2. The molecule has 2 aromatic rings. The molecule has 10 heteroatoms. The zero-order chi connectivity index (χ0) is 23.8. The Morgan fingerprint density at radius 3 is 2.12 bits per heavy atom. The van der Waals surface area contributed by atoms with Crippen LogP contribution in [0.1, 0.15) is 29.8 Å². The lowest BCUT2D eigenvalue weighted by Gasteiger charge is -2.30. The Labute approximate surface area is 186 Å². The van der Waals surface area contributed by atoms with Crippen LogP contribution in [0.3, 0.4) is 0 Å². The number of carbonyl (C=O) groups excluding carboxylic acids is 1. The van der Waals surface area contributed by atoms with E-state index in [9.17, 15) is 26.4 Å². The summed E-state index contributed by atoms with van der Waals surface area (Å²) in [7, 11) is -3.86. The van der Waals surface area contributed by atoms with Gasteiger partial charge in [-0.25, -0.2) is 13.1 Å². The Balaban J connectivity index is 2.07. The predicted octanol–water partition coefficient (Wildman–Crippen LogP) is 3.21. The minimum Gasteiger partial charge on any atom is -0.343 e. The van der Waals surface area contributed by atoms with E-state index in [4.69, 9.17) is 0 Å². The highest BCUT2D eigenvalue weighted by Crippen LogP contribution is 2.15. The fourth-order valence-electron chi connectivity index (χ4n) is 3.31.